The van der Waals surface area contributed by atoms with Crippen molar-refractivity contribution in [1.29, 1.82) is 0 Å². The van der Waals surface area contributed by atoms with E-state index in [2.05, 4.69) is 17.0 Å². The second-order valence-electron chi connectivity index (χ2n) is 7.40. The van der Waals surface area contributed by atoms with Crippen LogP contribution in [-0.4, -0.2) is 47.7 Å². The molecule has 0 radical (unpaired) electrons. The molecule has 1 amide bonds. The molecule has 0 aliphatic heterocycles. The molecule has 0 saturated heterocycles. The molecule has 1 atom stereocenters. The van der Waals surface area contributed by atoms with Gasteiger partial charge in [-0.1, -0.05) is 22.9 Å². The molecule has 1 aromatic rings. The molecule has 0 aliphatic rings. The fourth-order valence-corrected chi connectivity index (χ4v) is 4.31. The van der Waals surface area contributed by atoms with E-state index in [-0.39, 0.29) is 29.3 Å². The van der Waals surface area contributed by atoms with Crippen LogP contribution in [0.4, 0.5) is 0 Å². The minimum absolute atomic E-state index is 0.0675. The van der Waals surface area contributed by atoms with Crippen molar-refractivity contribution in [3.8, 4) is 0 Å². The zero-order valence-electron chi connectivity index (χ0n) is 16.8. The summed E-state index contributed by atoms with van der Waals surface area (Å²) < 4.78 is 5.57. The molecule has 7 heteroatoms. The summed E-state index contributed by atoms with van der Waals surface area (Å²) in [6, 6.07) is 6.91. The predicted octanol–water partition coefficient (Wildman–Crippen LogP) is 4.75. The van der Waals surface area contributed by atoms with Crippen molar-refractivity contribution in [2.75, 3.05) is 24.4 Å². The molecular weight excluding hydrogens is 398 g/mol. The molecule has 152 valence electrons. The van der Waals surface area contributed by atoms with Crippen molar-refractivity contribution >= 4 is 45.9 Å². The number of rotatable bonds is 12. The first kappa shape index (κ1) is 24.4. The van der Waals surface area contributed by atoms with E-state index in [0.29, 0.717) is 23.5 Å². The lowest BCUT2D eigenvalue weighted by Crippen LogP contribution is -2.44. The number of nitrogens with one attached hydrogen (secondary N) is 1. The molecule has 0 saturated carbocycles. The van der Waals surface area contributed by atoms with Gasteiger partial charge in [0.05, 0.1) is 6.10 Å². The highest BCUT2D eigenvalue weighted by Gasteiger charge is 2.23. The maximum atomic E-state index is 12.6. The van der Waals surface area contributed by atoms with E-state index in [0.717, 1.165) is 12.2 Å². The van der Waals surface area contributed by atoms with Crippen LogP contribution in [0, 0.1) is 5.92 Å². The van der Waals surface area contributed by atoms with Gasteiger partial charge in [0.15, 0.2) is 5.78 Å². The van der Waals surface area contributed by atoms with Crippen LogP contribution in [0.1, 0.15) is 54.8 Å². The lowest BCUT2D eigenvalue weighted by Gasteiger charge is -2.26. The third kappa shape index (κ3) is 8.94. The van der Waals surface area contributed by atoms with E-state index >= 15 is 0 Å². The van der Waals surface area contributed by atoms with Crippen LogP contribution < -0.4 is 5.32 Å². The van der Waals surface area contributed by atoms with Gasteiger partial charge in [-0.2, -0.15) is 11.8 Å². The van der Waals surface area contributed by atoms with Crippen LogP contribution in [0.3, 0.4) is 0 Å². The molecular formula is C20H31NO3S3. The number of thioether (sulfide) groups is 1. The smallest absolute Gasteiger partial charge is 0.251 e. The van der Waals surface area contributed by atoms with Gasteiger partial charge < -0.3 is 10.1 Å². The minimum Gasteiger partial charge on any atom is -0.379 e. The molecule has 1 unspecified atom stereocenters. The lowest BCUT2D eigenvalue weighted by molar-refractivity contribution is 0.0614. The second-order valence-corrected chi connectivity index (χ2v) is 9.67. The van der Waals surface area contributed by atoms with Crippen molar-refractivity contribution in [1.82, 2.24) is 5.32 Å². The number of hydrogen-bond donors (Lipinski definition) is 2. The first-order valence-electron chi connectivity index (χ1n) is 9.04. The summed E-state index contributed by atoms with van der Waals surface area (Å²) in [4.78, 5) is 25.2. The van der Waals surface area contributed by atoms with Crippen LogP contribution >= 0.6 is 34.2 Å². The standard InChI is InChI=1S/C20H31NO3S3/c1-14(2)24-11-10-20(3,4)21-19(23)16-8-6-15(7-9-16)18(22)17(12-26-5)13-27-25/h6-9,14,17,25H,10-13H2,1-5H3,(H,21,23). The van der Waals surface area contributed by atoms with Gasteiger partial charge in [-0.25, -0.2) is 0 Å². The van der Waals surface area contributed by atoms with Crippen molar-refractivity contribution in [3.63, 3.8) is 0 Å². The first-order chi connectivity index (χ1) is 12.7. The largest absolute Gasteiger partial charge is 0.379 e. The molecule has 0 fully saturated rings. The molecule has 0 spiro atoms. The average molecular weight is 430 g/mol. The van der Waals surface area contributed by atoms with Gasteiger partial charge in [0.25, 0.3) is 5.91 Å². The summed E-state index contributed by atoms with van der Waals surface area (Å²) >= 11 is 5.82. The third-order valence-electron chi connectivity index (χ3n) is 4.08. The van der Waals surface area contributed by atoms with Gasteiger partial charge in [-0.05, 0) is 52.5 Å². The van der Waals surface area contributed by atoms with Crippen molar-refractivity contribution in [2.45, 2.75) is 45.8 Å². The van der Waals surface area contributed by atoms with E-state index in [1.165, 1.54) is 10.8 Å². The summed E-state index contributed by atoms with van der Waals surface area (Å²) in [5.74, 6) is 1.33. The Morgan fingerprint density at radius 3 is 2.26 bits per heavy atom. The molecule has 0 aromatic heterocycles. The second kappa shape index (κ2) is 12.0. The summed E-state index contributed by atoms with van der Waals surface area (Å²) in [5, 5.41) is 3.04. The van der Waals surface area contributed by atoms with Gasteiger partial charge in [-0.15, -0.1) is 11.7 Å². The van der Waals surface area contributed by atoms with Crippen LogP contribution in [0.15, 0.2) is 24.3 Å². The Morgan fingerprint density at radius 1 is 1.15 bits per heavy atom. The van der Waals surface area contributed by atoms with Gasteiger partial charge in [-0.3, -0.25) is 9.59 Å². The van der Waals surface area contributed by atoms with E-state index in [1.54, 1.807) is 36.0 Å². The number of benzene rings is 1. The predicted molar refractivity (Wildman–Crippen MR) is 121 cm³/mol. The van der Waals surface area contributed by atoms with Gasteiger partial charge in [0, 0.05) is 40.7 Å². The zero-order valence-corrected chi connectivity index (χ0v) is 19.3. The Morgan fingerprint density at radius 2 is 1.74 bits per heavy atom. The monoisotopic (exact) mass is 429 g/mol. The van der Waals surface area contributed by atoms with Crippen LogP contribution in [0.5, 0.6) is 0 Å². The molecule has 0 aliphatic carbocycles. The third-order valence-corrected chi connectivity index (χ3v) is 5.81. The number of thiol groups is 1. The molecule has 1 N–H and O–H groups in total. The minimum atomic E-state index is -0.367. The highest BCUT2D eigenvalue weighted by atomic mass is 33.1. The molecule has 0 heterocycles. The normalized spacial score (nSPS) is 12.9. The van der Waals surface area contributed by atoms with E-state index in [4.69, 9.17) is 4.74 Å². The maximum Gasteiger partial charge on any atom is 0.251 e. The number of hydrogen-bond acceptors (Lipinski definition) is 6. The summed E-state index contributed by atoms with van der Waals surface area (Å²) in [6.07, 6.45) is 2.90. The quantitative estimate of drug-likeness (QED) is 0.285. The highest BCUT2D eigenvalue weighted by Crippen LogP contribution is 2.21. The van der Waals surface area contributed by atoms with Crippen LogP contribution in [0.25, 0.3) is 0 Å². The maximum absolute atomic E-state index is 12.6. The molecule has 1 aromatic carbocycles. The molecule has 0 bridgehead atoms. The van der Waals surface area contributed by atoms with Gasteiger partial charge in [0.2, 0.25) is 0 Å². The van der Waals surface area contributed by atoms with E-state index in [9.17, 15) is 9.59 Å². The number of Topliss-reactive ketones (excluding diaryl/α,β-unsaturated/α-hetero) is 1. The lowest BCUT2D eigenvalue weighted by atomic mass is 9.98. The number of amides is 1. The van der Waals surface area contributed by atoms with Crippen molar-refractivity contribution < 1.29 is 14.3 Å². The van der Waals surface area contributed by atoms with Gasteiger partial charge in [0.1, 0.15) is 0 Å². The molecule has 4 nitrogen and oxygen atoms in total. The summed E-state index contributed by atoms with van der Waals surface area (Å²) in [6.45, 7) is 8.54. The molecule has 27 heavy (non-hydrogen) atoms. The van der Waals surface area contributed by atoms with Crippen LogP contribution in [0.2, 0.25) is 0 Å². The van der Waals surface area contributed by atoms with Crippen LogP contribution in [-0.2, 0) is 4.74 Å². The Balaban J connectivity index is 2.71. The van der Waals surface area contributed by atoms with E-state index < -0.39 is 0 Å². The molecule has 1 rings (SSSR count). The van der Waals surface area contributed by atoms with Crippen molar-refractivity contribution in [2.24, 2.45) is 5.92 Å². The Bertz CT molecular complexity index is 597. The zero-order chi connectivity index (χ0) is 20.4. The summed E-state index contributed by atoms with van der Waals surface area (Å²) in [5.41, 5.74) is 0.820. The fourth-order valence-electron chi connectivity index (χ4n) is 2.50. The number of carbonyl (C=O) groups excluding carboxylic acids is 2. The Labute approximate surface area is 176 Å². The van der Waals surface area contributed by atoms with Gasteiger partial charge >= 0.3 is 0 Å². The number of ether oxygens (including phenoxy) is 1. The SMILES string of the molecule is CSCC(CSS)C(=O)c1ccc(C(=O)NC(C)(C)CCOC(C)C)cc1. The average Bonchev–Trinajstić information content (AvgIpc) is 2.60. The topological polar surface area (TPSA) is 55.4 Å². The number of ketones is 1. The number of carbonyl (C=O) groups is 2. The Kier molecular flexibility index (Phi) is 10.9. The summed E-state index contributed by atoms with van der Waals surface area (Å²) in [7, 11) is 1.38. The first-order valence-corrected chi connectivity index (χ1v) is 12.5. The van der Waals surface area contributed by atoms with Crippen molar-refractivity contribution in [3.05, 3.63) is 35.4 Å². The Hall–Kier alpha value is -0.630. The highest BCUT2D eigenvalue weighted by molar-refractivity contribution is 8.68. The van der Waals surface area contributed by atoms with E-state index in [1.807, 2.05) is 34.0 Å². The fraction of sp³-hybridized carbons (Fsp3) is 0.600.